The molecule has 0 atom stereocenters. The van der Waals surface area contributed by atoms with Crippen LogP contribution in [0.5, 0.6) is 5.75 Å². The Labute approximate surface area is 105 Å². The average molecular weight is 244 g/mol. The Kier molecular flexibility index (Phi) is 3.37. The molecule has 0 aliphatic carbocycles. The topological polar surface area (TPSA) is 68.1 Å². The van der Waals surface area contributed by atoms with Gasteiger partial charge in [0.2, 0.25) is 0 Å². The van der Waals surface area contributed by atoms with Crippen LogP contribution in [0.3, 0.4) is 0 Å². The molecule has 1 aromatic carbocycles. The number of aromatic amines is 1. The van der Waals surface area contributed by atoms with Gasteiger partial charge >= 0.3 is 0 Å². The monoisotopic (exact) mass is 244 g/mol. The van der Waals surface area contributed by atoms with Crippen molar-refractivity contribution in [3.05, 3.63) is 57.4 Å². The maximum Gasteiger partial charge on any atom is 0.187 e. The Bertz CT molecular complexity index is 600. The second-order valence-corrected chi connectivity index (χ2v) is 4.22. The van der Waals surface area contributed by atoms with Gasteiger partial charge in [0.15, 0.2) is 5.43 Å². The predicted molar refractivity (Wildman–Crippen MR) is 72.0 cm³/mol. The third-order valence-corrected chi connectivity index (χ3v) is 2.91. The van der Waals surface area contributed by atoms with Crippen molar-refractivity contribution < 1.29 is 4.74 Å². The fourth-order valence-corrected chi connectivity index (χ4v) is 1.91. The predicted octanol–water partition coefficient (Wildman–Crippen LogP) is 1.86. The zero-order valence-electron chi connectivity index (χ0n) is 10.5. The molecule has 0 amide bonds. The highest BCUT2D eigenvalue weighted by Crippen LogP contribution is 2.15. The third-order valence-electron chi connectivity index (χ3n) is 2.91. The Morgan fingerprint density at radius 2 is 1.94 bits per heavy atom. The molecular weight excluding hydrogens is 228 g/mol. The smallest absolute Gasteiger partial charge is 0.187 e. The number of aromatic nitrogens is 1. The van der Waals surface area contributed by atoms with E-state index in [1.54, 1.807) is 7.11 Å². The van der Waals surface area contributed by atoms with Gasteiger partial charge in [-0.3, -0.25) is 4.79 Å². The maximum absolute atomic E-state index is 11.9. The van der Waals surface area contributed by atoms with Crippen molar-refractivity contribution in [1.82, 2.24) is 4.98 Å². The average Bonchev–Trinajstić information content (AvgIpc) is 2.34. The first-order valence-electron chi connectivity index (χ1n) is 5.71. The van der Waals surface area contributed by atoms with E-state index in [-0.39, 0.29) is 5.43 Å². The van der Waals surface area contributed by atoms with E-state index in [1.165, 1.54) is 6.07 Å². The van der Waals surface area contributed by atoms with Crippen molar-refractivity contribution in [1.29, 1.82) is 0 Å². The first-order chi connectivity index (χ1) is 8.60. The maximum atomic E-state index is 11.9. The summed E-state index contributed by atoms with van der Waals surface area (Å²) in [5, 5.41) is 0. The number of ether oxygens (including phenoxy) is 1. The van der Waals surface area contributed by atoms with Crippen LogP contribution in [0.2, 0.25) is 0 Å². The molecule has 2 aromatic rings. The van der Waals surface area contributed by atoms with Crippen molar-refractivity contribution in [2.75, 3.05) is 12.8 Å². The Balaban J connectivity index is 2.31. The van der Waals surface area contributed by atoms with Gasteiger partial charge in [-0.05, 0) is 24.6 Å². The molecule has 1 aromatic heterocycles. The molecule has 0 spiro atoms. The molecule has 4 nitrogen and oxygen atoms in total. The van der Waals surface area contributed by atoms with Crippen LogP contribution in [-0.2, 0) is 6.42 Å². The van der Waals surface area contributed by atoms with E-state index >= 15 is 0 Å². The van der Waals surface area contributed by atoms with Crippen LogP contribution in [0, 0.1) is 6.92 Å². The number of nitrogens with two attached hydrogens (primary N) is 1. The quantitative estimate of drug-likeness (QED) is 0.866. The van der Waals surface area contributed by atoms with Crippen LogP contribution in [0.15, 0.2) is 35.1 Å². The molecule has 0 aliphatic rings. The molecule has 2 rings (SSSR count). The lowest BCUT2D eigenvalue weighted by Gasteiger charge is -2.07. The number of methoxy groups -OCH3 is 1. The van der Waals surface area contributed by atoms with Crippen molar-refractivity contribution in [3.63, 3.8) is 0 Å². The zero-order valence-corrected chi connectivity index (χ0v) is 10.5. The minimum atomic E-state index is -0.0282. The van der Waals surface area contributed by atoms with Crippen molar-refractivity contribution >= 4 is 5.82 Å². The van der Waals surface area contributed by atoms with Crippen LogP contribution < -0.4 is 15.9 Å². The minimum Gasteiger partial charge on any atom is -0.497 e. The molecule has 94 valence electrons. The summed E-state index contributed by atoms with van der Waals surface area (Å²) >= 11 is 0. The number of H-pyrrole nitrogens is 1. The number of nitrogens with one attached hydrogen (secondary N) is 1. The highest BCUT2D eigenvalue weighted by molar-refractivity contribution is 5.37. The van der Waals surface area contributed by atoms with Gasteiger partial charge in [0.05, 0.1) is 7.11 Å². The number of anilines is 1. The van der Waals surface area contributed by atoms with Crippen LogP contribution in [0.1, 0.15) is 16.8 Å². The summed E-state index contributed by atoms with van der Waals surface area (Å²) in [6.45, 7) is 1.86. The molecule has 0 unspecified atom stereocenters. The second-order valence-electron chi connectivity index (χ2n) is 4.22. The van der Waals surface area contributed by atoms with E-state index in [0.29, 0.717) is 12.2 Å². The standard InChI is InChI=1S/C14H16N2O2/c1-9-12(13(17)8-14(15)16-9)7-10-3-5-11(18-2)6-4-10/h3-6,8H,7H2,1-2H3,(H3,15,16,17). The molecule has 0 bridgehead atoms. The minimum absolute atomic E-state index is 0.0282. The van der Waals surface area contributed by atoms with Crippen LogP contribution in [0.25, 0.3) is 0 Å². The first kappa shape index (κ1) is 12.2. The molecular formula is C14H16N2O2. The fourth-order valence-electron chi connectivity index (χ4n) is 1.91. The van der Waals surface area contributed by atoms with Crippen LogP contribution in [0.4, 0.5) is 5.82 Å². The number of benzene rings is 1. The second kappa shape index (κ2) is 4.96. The van der Waals surface area contributed by atoms with Crippen LogP contribution in [-0.4, -0.2) is 12.1 Å². The normalized spacial score (nSPS) is 10.3. The SMILES string of the molecule is COc1ccc(Cc2c(C)[nH]c(N)cc2=O)cc1. The lowest BCUT2D eigenvalue weighted by atomic mass is 10.0. The fraction of sp³-hybridized carbons (Fsp3) is 0.214. The molecule has 4 heteroatoms. The largest absolute Gasteiger partial charge is 0.497 e. The summed E-state index contributed by atoms with van der Waals surface area (Å²) in [5.41, 5.74) is 8.18. The molecule has 0 aliphatic heterocycles. The highest BCUT2D eigenvalue weighted by atomic mass is 16.5. The lowest BCUT2D eigenvalue weighted by molar-refractivity contribution is 0.414. The van der Waals surface area contributed by atoms with Gasteiger partial charge in [-0.25, -0.2) is 0 Å². The highest BCUT2D eigenvalue weighted by Gasteiger charge is 2.06. The summed E-state index contributed by atoms with van der Waals surface area (Å²) in [5.74, 6) is 1.21. The van der Waals surface area contributed by atoms with E-state index in [2.05, 4.69) is 4.98 Å². The molecule has 18 heavy (non-hydrogen) atoms. The molecule has 0 saturated heterocycles. The zero-order chi connectivity index (χ0) is 13.1. The van der Waals surface area contributed by atoms with Crippen LogP contribution >= 0.6 is 0 Å². The summed E-state index contributed by atoms with van der Waals surface area (Å²) in [4.78, 5) is 14.8. The molecule has 1 heterocycles. The van der Waals surface area contributed by atoms with Gasteiger partial charge in [-0.2, -0.15) is 0 Å². The summed E-state index contributed by atoms with van der Waals surface area (Å²) in [7, 11) is 1.63. The van der Waals surface area contributed by atoms with E-state index in [1.807, 2.05) is 31.2 Å². The van der Waals surface area contributed by atoms with Gasteiger partial charge < -0.3 is 15.5 Å². The van der Waals surface area contributed by atoms with Gasteiger partial charge in [0.1, 0.15) is 11.6 Å². The van der Waals surface area contributed by atoms with E-state index in [4.69, 9.17) is 10.5 Å². The van der Waals surface area contributed by atoms with E-state index < -0.39 is 0 Å². The van der Waals surface area contributed by atoms with Gasteiger partial charge in [-0.1, -0.05) is 12.1 Å². The number of hydrogen-bond donors (Lipinski definition) is 2. The third kappa shape index (κ3) is 2.53. The Morgan fingerprint density at radius 1 is 1.28 bits per heavy atom. The summed E-state index contributed by atoms with van der Waals surface area (Å²) in [6, 6.07) is 9.10. The summed E-state index contributed by atoms with van der Waals surface area (Å²) < 4.78 is 5.10. The van der Waals surface area contributed by atoms with Gasteiger partial charge in [0, 0.05) is 23.7 Å². The summed E-state index contributed by atoms with van der Waals surface area (Å²) in [6.07, 6.45) is 0.589. The van der Waals surface area contributed by atoms with Crippen molar-refractivity contribution in [3.8, 4) is 5.75 Å². The number of nitrogen functional groups attached to an aromatic ring is 1. The van der Waals surface area contributed by atoms with Crippen molar-refractivity contribution in [2.45, 2.75) is 13.3 Å². The molecule has 3 N–H and O–H groups in total. The number of pyridine rings is 1. The van der Waals surface area contributed by atoms with E-state index in [0.717, 1.165) is 22.6 Å². The molecule has 0 radical (unpaired) electrons. The number of aryl methyl sites for hydroxylation is 1. The lowest BCUT2D eigenvalue weighted by Crippen LogP contribution is -2.13. The Hall–Kier alpha value is -2.23. The number of hydrogen-bond acceptors (Lipinski definition) is 3. The molecule has 0 fully saturated rings. The number of rotatable bonds is 3. The Morgan fingerprint density at radius 3 is 2.50 bits per heavy atom. The first-order valence-corrected chi connectivity index (χ1v) is 5.71. The molecule has 0 saturated carbocycles. The van der Waals surface area contributed by atoms with E-state index in [9.17, 15) is 4.79 Å². The van der Waals surface area contributed by atoms with Gasteiger partial charge in [0.25, 0.3) is 0 Å². The van der Waals surface area contributed by atoms with Gasteiger partial charge in [-0.15, -0.1) is 0 Å². The van der Waals surface area contributed by atoms with Crippen molar-refractivity contribution in [2.24, 2.45) is 0 Å².